The van der Waals surface area contributed by atoms with Crippen molar-refractivity contribution in [2.75, 3.05) is 39.5 Å². The summed E-state index contributed by atoms with van der Waals surface area (Å²) in [5.41, 5.74) is 0. The Morgan fingerprint density at radius 1 is 1.19 bits per heavy atom. The molecule has 0 radical (unpaired) electrons. The van der Waals surface area contributed by atoms with Crippen LogP contribution in [0.15, 0.2) is 24.3 Å². The topological polar surface area (TPSA) is 21.7 Å². The quantitative estimate of drug-likeness (QED) is 0.787. The summed E-state index contributed by atoms with van der Waals surface area (Å²) in [7, 11) is 0. The third-order valence-electron chi connectivity index (χ3n) is 2.59. The van der Waals surface area contributed by atoms with Crippen LogP contribution in [0.1, 0.15) is 0 Å². The van der Waals surface area contributed by atoms with Gasteiger partial charge in [-0.15, -0.1) is 0 Å². The molecule has 0 N–H and O–H groups in total. The molecule has 0 spiro atoms. The van der Waals surface area contributed by atoms with Gasteiger partial charge < -0.3 is 9.47 Å². The summed E-state index contributed by atoms with van der Waals surface area (Å²) in [6, 6.07) is 8.15. The first-order chi connectivity index (χ1) is 7.84. The third kappa shape index (κ3) is 3.92. The Kier molecular flexibility index (Phi) is 4.87. The lowest BCUT2D eigenvalue weighted by molar-refractivity contribution is 0.0322. The molecule has 1 aliphatic rings. The van der Waals surface area contributed by atoms with Crippen LogP contribution < -0.4 is 4.74 Å². The monoisotopic (exact) mass is 333 g/mol. The van der Waals surface area contributed by atoms with Crippen LogP contribution in [0.3, 0.4) is 0 Å². The molecule has 0 saturated carbocycles. The van der Waals surface area contributed by atoms with Crippen molar-refractivity contribution in [1.82, 2.24) is 4.90 Å². The lowest BCUT2D eigenvalue weighted by Crippen LogP contribution is -2.38. The van der Waals surface area contributed by atoms with Gasteiger partial charge in [-0.1, -0.05) is 0 Å². The van der Waals surface area contributed by atoms with E-state index in [1.165, 1.54) is 3.57 Å². The Morgan fingerprint density at radius 3 is 2.56 bits per heavy atom. The summed E-state index contributed by atoms with van der Waals surface area (Å²) in [6.07, 6.45) is 0. The van der Waals surface area contributed by atoms with Gasteiger partial charge in [-0.25, -0.2) is 0 Å². The molecule has 1 heterocycles. The predicted octanol–water partition coefficient (Wildman–Crippen LogP) is 2.00. The van der Waals surface area contributed by atoms with Crippen LogP contribution >= 0.6 is 22.6 Å². The fourth-order valence-corrected chi connectivity index (χ4v) is 2.01. The van der Waals surface area contributed by atoms with Crippen LogP contribution in [0, 0.1) is 3.57 Å². The molecule has 16 heavy (non-hydrogen) atoms. The van der Waals surface area contributed by atoms with Gasteiger partial charge in [-0.2, -0.15) is 0 Å². The molecule has 0 unspecified atom stereocenters. The molecular weight excluding hydrogens is 317 g/mol. The Balaban J connectivity index is 1.69. The van der Waals surface area contributed by atoms with Gasteiger partial charge in [0.25, 0.3) is 0 Å². The van der Waals surface area contributed by atoms with E-state index in [1.54, 1.807) is 0 Å². The zero-order valence-electron chi connectivity index (χ0n) is 9.19. The summed E-state index contributed by atoms with van der Waals surface area (Å²) in [4.78, 5) is 2.37. The third-order valence-corrected chi connectivity index (χ3v) is 3.31. The molecule has 3 nitrogen and oxygen atoms in total. The van der Waals surface area contributed by atoms with Gasteiger partial charge in [0.05, 0.1) is 13.2 Å². The number of benzene rings is 1. The fraction of sp³-hybridized carbons (Fsp3) is 0.500. The molecule has 0 bridgehead atoms. The Hall–Kier alpha value is -0.330. The van der Waals surface area contributed by atoms with E-state index in [0.29, 0.717) is 0 Å². The van der Waals surface area contributed by atoms with Crippen LogP contribution in [0.5, 0.6) is 5.75 Å². The number of ether oxygens (including phenoxy) is 2. The minimum absolute atomic E-state index is 0.751. The average Bonchev–Trinajstić information content (AvgIpc) is 2.33. The molecule has 0 aliphatic carbocycles. The standard InChI is InChI=1S/C12H16INO2/c13-11-1-3-12(4-2-11)16-10-7-14-5-8-15-9-6-14/h1-4H,5-10H2. The molecule has 0 aromatic heterocycles. The highest BCUT2D eigenvalue weighted by Crippen LogP contribution is 2.13. The molecule has 1 aliphatic heterocycles. The zero-order valence-corrected chi connectivity index (χ0v) is 11.4. The summed E-state index contributed by atoms with van der Waals surface area (Å²) >= 11 is 2.29. The van der Waals surface area contributed by atoms with Gasteiger partial charge >= 0.3 is 0 Å². The highest BCUT2D eigenvalue weighted by molar-refractivity contribution is 14.1. The van der Waals surface area contributed by atoms with Gasteiger partial charge in [-0.3, -0.25) is 4.90 Å². The highest BCUT2D eigenvalue weighted by atomic mass is 127. The minimum atomic E-state index is 0.751. The average molecular weight is 333 g/mol. The van der Waals surface area contributed by atoms with E-state index in [2.05, 4.69) is 39.6 Å². The van der Waals surface area contributed by atoms with E-state index in [1.807, 2.05) is 12.1 Å². The van der Waals surface area contributed by atoms with Crippen molar-refractivity contribution in [2.24, 2.45) is 0 Å². The molecule has 0 amide bonds. The van der Waals surface area contributed by atoms with Crippen LogP contribution in [0.4, 0.5) is 0 Å². The smallest absolute Gasteiger partial charge is 0.119 e. The van der Waals surface area contributed by atoms with Crippen LogP contribution in [0.2, 0.25) is 0 Å². The summed E-state index contributed by atoms with van der Waals surface area (Å²) < 4.78 is 12.2. The zero-order chi connectivity index (χ0) is 11.2. The second-order valence-corrected chi connectivity index (χ2v) is 5.00. The molecule has 1 fully saturated rings. The van der Waals surface area contributed by atoms with Gasteiger partial charge in [-0.05, 0) is 46.9 Å². The Bertz CT molecular complexity index is 309. The molecule has 0 atom stereocenters. The maximum absolute atomic E-state index is 5.68. The molecule has 1 aromatic rings. The highest BCUT2D eigenvalue weighted by Gasteiger charge is 2.09. The first-order valence-electron chi connectivity index (χ1n) is 5.53. The molecule has 4 heteroatoms. The van der Waals surface area contributed by atoms with E-state index < -0.39 is 0 Å². The minimum Gasteiger partial charge on any atom is -0.492 e. The van der Waals surface area contributed by atoms with Crippen molar-refractivity contribution < 1.29 is 9.47 Å². The maximum Gasteiger partial charge on any atom is 0.119 e. The Labute approximate surface area is 110 Å². The maximum atomic E-state index is 5.68. The van der Waals surface area contributed by atoms with Crippen molar-refractivity contribution in [3.63, 3.8) is 0 Å². The number of halogens is 1. The van der Waals surface area contributed by atoms with Gasteiger partial charge in [0.15, 0.2) is 0 Å². The number of hydrogen-bond donors (Lipinski definition) is 0. The van der Waals surface area contributed by atoms with E-state index >= 15 is 0 Å². The first-order valence-corrected chi connectivity index (χ1v) is 6.61. The van der Waals surface area contributed by atoms with Gasteiger partial charge in [0, 0.05) is 23.2 Å². The second kappa shape index (κ2) is 6.42. The van der Waals surface area contributed by atoms with E-state index in [-0.39, 0.29) is 0 Å². The van der Waals surface area contributed by atoms with E-state index in [9.17, 15) is 0 Å². The number of rotatable bonds is 4. The second-order valence-electron chi connectivity index (χ2n) is 3.76. The summed E-state index contributed by atoms with van der Waals surface area (Å²) in [5, 5.41) is 0. The SMILES string of the molecule is Ic1ccc(OCCN2CCOCC2)cc1. The fourth-order valence-electron chi connectivity index (χ4n) is 1.65. The lowest BCUT2D eigenvalue weighted by Gasteiger charge is -2.26. The summed E-state index contributed by atoms with van der Waals surface area (Å²) in [6.45, 7) is 5.48. The van der Waals surface area contributed by atoms with Crippen molar-refractivity contribution in [1.29, 1.82) is 0 Å². The van der Waals surface area contributed by atoms with Crippen LogP contribution in [0.25, 0.3) is 0 Å². The van der Waals surface area contributed by atoms with E-state index in [4.69, 9.17) is 9.47 Å². The predicted molar refractivity (Wildman–Crippen MR) is 71.9 cm³/mol. The van der Waals surface area contributed by atoms with Crippen molar-refractivity contribution in [3.05, 3.63) is 27.8 Å². The van der Waals surface area contributed by atoms with Gasteiger partial charge in [0.2, 0.25) is 0 Å². The molecule has 2 rings (SSSR count). The largest absolute Gasteiger partial charge is 0.492 e. The number of hydrogen-bond acceptors (Lipinski definition) is 3. The van der Waals surface area contributed by atoms with Crippen molar-refractivity contribution in [3.8, 4) is 5.75 Å². The van der Waals surface area contributed by atoms with E-state index in [0.717, 1.165) is 45.2 Å². The molecular formula is C12H16INO2. The summed E-state index contributed by atoms with van der Waals surface area (Å²) in [5.74, 6) is 0.952. The normalized spacial score (nSPS) is 17.3. The first kappa shape index (κ1) is 12.1. The Morgan fingerprint density at radius 2 is 1.88 bits per heavy atom. The van der Waals surface area contributed by atoms with Gasteiger partial charge in [0.1, 0.15) is 12.4 Å². The van der Waals surface area contributed by atoms with Crippen LogP contribution in [-0.4, -0.2) is 44.4 Å². The lowest BCUT2D eigenvalue weighted by atomic mass is 10.3. The molecule has 1 saturated heterocycles. The van der Waals surface area contributed by atoms with Crippen molar-refractivity contribution >= 4 is 22.6 Å². The van der Waals surface area contributed by atoms with Crippen molar-refractivity contribution in [2.45, 2.75) is 0 Å². The molecule has 1 aromatic carbocycles. The number of nitrogens with zero attached hydrogens (tertiary/aromatic N) is 1. The van der Waals surface area contributed by atoms with Crippen LogP contribution in [-0.2, 0) is 4.74 Å². The number of morpholine rings is 1. The molecule has 88 valence electrons.